The van der Waals surface area contributed by atoms with E-state index in [-0.39, 0.29) is 17.9 Å². The summed E-state index contributed by atoms with van der Waals surface area (Å²) in [6.45, 7) is 1.83. The maximum atomic E-state index is 13.0. The molecule has 3 aromatic rings. The van der Waals surface area contributed by atoms with Gasteiger partial charge in [0.05, 0.1) is 16.2 Å². The quantitative estimate of drug-likeness (QED) is 0.503. The van der Waals surface area contributed by atoms with Crippen LogP contribution in [0.3, 0.4) is 0 Å². The molecule has 2 heterocycles. The predicted molar refractivity (Wildman–Crippen MR) is 135 cm³/mol. The third-order valence-corrected chi connectivity index (χ3v) is 5.82. The number of nitrogens with zero attached hydrogens (tertiary/aromatic N) is 4. The van der Waals surface area contributed by atoms with Gasteiger partial charge in [-0.1, -0.05) is 35.9 Å². The fourth-order valence-corrected chi connectivity index (χ4v) is 3.99. The predicted octanol–water partition coefficient (Wildman–Crippen LogP) is 3.67. The molecule has 0 bridgehead atoms. The molecule has 34 heavy (non-hydrogen) atoms. The van der Waals surface area contributed by atoms with Crippen molar-refractivity contribution in [3.05, 3.63) is 71.4 Å². The van der Waals surface area contributed by atoms with Crippen LogP contribution in [0.5, 0.6) is 0 Å². The first-order valence-corrected chi connectivity index (χ1v) is 11.5. The molecule has 4 rings (SSSR count). The summed E-state index contributed by atoms with van der Waals surface area (Å²) in [5.41, 5.74) is 1.82. The van der Waals surface area contributed by atoms with Gasteiger partial charge in [-0.3, -0.25) is 9.59 Å². The normalized spacial score (nSPS) is 15.9. The molecular weight excluding hydrogens is 452 g/mol. The average Bonchev–Trinajstić information content (AvgIpc) is 3.28. The summed E-state index contributed by atoms with van der Waals surface area (Å²) in [5, 5.41) is 7.38. The minimum Gasteiger partial charge on any atom is -0.350 e. The number of likely N-dealkylation sites (N-methyl/N-ethyl adjacent to an activating group) is 1. The van der Waals surface area contributed by atoms with Crippen LogP contribution in [-0.2, 0) is 4.79 Å². The highest BCUT2D eigenvalue weighted by Gasteiger charge is 2.27. The molecule has 0 saturated carbocycles. The number of rotatable bonds is 7. The number of amides is 2. The van der Waals surface area contributed by atoms with Gasteiger partial charge in [-0.2, -0.15) is 0 Å². The number of halogens is 1. The lowest BCUT2D eigenvalue weighted by molar-refractivity contribution is -0.111. The van der Waals surface area contributed by atoms with Gasteiger partial charge in [-0.25, -0.2) is 9.97 Å². The maximum absolute atomic E-state index is 13.0. The van der Waals surface area contributed by atoms with E-state index in [1.165, 1.54) is 6.08 Å². The summed E-state index contributed by atoms with van der Waals surface area (Å²) in [7, 11) is 3.84. The fraction of sp³-hybridized carbons (Fsp3) is 0.280. The van der Waals surface area contributed by atoms with Crippen molar-refractivity contribution >= 4 is 46.0 Å². The highest BCUT2D eigenvalue weighted by Crippen LogP contribution is 2.25. The van der Waals surface area contributed by atoms with E-state index < -0.39 is 0 Å². The van der Waals surface area contributed by atoms with Crippen molar-refractivity contribution in [2.45, 2.75) is 12.5 Å². The summed E-state index contributed by atoms with van der Waals surface area (Å²) in [4.78, 5) is 37.8. The summed E-state index contributed by atoms with van der Waals surface area (Å²) < 4.78 is 0. The number of likely N-dealkylation sites (tertiary alicyclic amines) is 1. The average molecular weight is 479 g/mol. The summed E-state index contributed by atoms with van der Waals surface area (Å²) in [5.74, 6) is 0.183. The van der Waals surface area contributed by atoms with Crippen molar-refractivity contribution in [2.24, 2.45) is 0 Å². The zero-order valence-electron chi connectivity index (χ0n) is 19.2. The highest BCUT2D eigenvalue weighted by molar-refractivity contribution is 6.34. The molecule has 1 unspecified atom stereocenters. The Balaban J connectivity index is 1.35. The second-order valence-corrected chi connectivity index (χ2v) is 8.89. The van der Waals surface area contributed by atoms with E-state index in [1.54, 1.807) is 35.4 Å². The van der Waals surface area contributed by atoms with Gasteiger partial charge in [0.25, 0.3) is 5.91 Å². The number of carbonyl (C=O) groups is 2. The molecule has 2 N–H and O–H groups in total. The lowest BCUT2D eigenvalue weighted by Gasteiger charge is -2.18. The van der Waals surface area contributed by atoms with E-state index in [9.17, 15) is 9.59 Å². The van der Waals surface area contributed by atoms with Crippen molar-refractivity contribution in [1.82, 2.24) is 19.8 Å². The van der Waals surface area contributed by atoms with Gasteiger partial charge in [0.1, 0.15) is 0 Å². The van der Waals surface area contributed by atoms with Crippen LogP contribution >= 0.6 is 11.6 Å². The first-order valence-electron chi connectivity index (χ1n) is 11.1. The van der Waals surface area contributed by atoms with E-state index in [0.717, 1.165) is 17.3 Å². The van der Waals surface area contributed by atoms with Gasteiger partial charge in [-0.05, 0) is 44.8 Å². The zero-order chi connectivity index (χ0) is 24.1. The molecule has 2 aromatic carbocycles. The Labute approximate surface area is 203 Å². The molecule has 0 spiro atoms. The number of aromatic nitrogens is 2. The van der Waals surface area contributed by atoms with Gasteiger partial charge >= 0.3 is 0 Å². The summed E-state index contributed by atoms with van der Waals surface area (Å²) in [6.07, 6.45) is 5.82. The zero-order valence-corrected chi connectivity index (χ0v) is 19.9. The van der Waals surface area contributed by atoms with Crippen molar-refractivity contribution in [3.63, 3.8) is 0 Å². The second-order valence-electron chi connectivity index (χ2n) is 8.48. The van der Waals surface area contributed by atoms with Gasteiger partial charge in [0.2, 0.25) is 11.9 Å². The molecule has 2 amide bonds. The van der Waals surface area contributed by atoms with Gasteiger partial charge in [0, 0.05) is 48.9 Å². The van der Waals surface area contributed by atoms with Gasteiger partial charge in [-0.15, -0.1) is 0 Å². The van der Waals surface area contributed by atoms with Crippen molar-refractivity contribution in [2.75, 3.05) is 44.4 Å². The number of anilines is 2. The number of para-hydroxylation sites is 1. The van der Waals surface area contributed by atoms with E-state index in [2.05, 4.69) is 20.6 Å². The van der Waals surface area contributed by atoms with E-state index in [1.807, 2.05) is 43.3 Å². The summed E-state index contributed by atoms with van der Waals surface area (Å²) >= 11 is 6.35. The maximum Gasteiger partial charge on any atom is 0.253 e. The van der Waals surface area contributed by atoms with Crippen LogP contribution in [0, 0.1) is 0 Å². The number of carbonyl (C=O) groups excluding carboxylic acids is 2. The number of hydrogen-bond acceptors (Lipinski definition) is 6. The minimum absolute atomic E-state index is 0.0631. The van der Waals surface area contributed by atoms with Gasteiger partial charge < -0.3 is 20.4 Å². The molecule has 0 aliphatic carbocycles. The Morgan fingerprint density at radius 3 is 2.85 bits per heavy atom. The largest absolute Gasteiger partial charge is 0.350 e. The fourth-order valence-electron chi connectivity index (χ4n) is 3.76. The standard InChI is InChI=1S/C25H27ClN6O2/c1-31(2)12-5-8-23(33)29-22-10-9-17(14-20(22)26)24(34)32-13-11-19(16-32)28-25-27-15-18-6-3-4-7-21(18)30-25/h3-10,14-15,19H,11-13,16H2,1-2H3,(H,29,33)(H,27,28,30)/b8-5+. The number of fused-ring (bicyclic) bond motifs is 1. The SMILES string of the molecule is CN(C)C/C=C/C(=O)Nc1ccc(C(=O)N2CCC(Nc3ncc4ccccc4n3)C2)cc1Cl. The Kier molecular flexibility index (Phi) is 7.40. The van der Waals surface area contributed by atoms with E-state index >= 15 is 0 Å². The molecule has 0 radical (unpaired) electrons. The van der Waals surface area contributed by atoms with Crippen LogP contribution in [0.15, 0.2) is 60.8 Å². The monoisotopic (exact) mass is 478 g/mol. The molecule has 8 nitrogen and oxygen atoms in total. The van der Waals surface area contributed by atoms with Crippen LogP contribution in [0.1, 0.15) is 16.8 Å². The molecule has 1 aliphatic heterocycles. The second kappa shape index (κ2) is 10.6. The number of benzene rings is 2. The molecule has 176 valence electrons. The van der Waals surface area contributed by atoms with Gasteiger partial charge in [0.15, 0.2) is 0 Å². The molecule has 1 aromatic heterocycles. The molecule has 1 saturated heterocycles. The molecule has 9 heteroatoms. The lowest BCUT2D eigenvalue weighted by Crippen LogP contribution is -2.31. The van der Waals surface area contributed by atoms with Crippen molar-refractivity contribution in [1.29, 1.82) is 0 Å². The van der Waals surface area contributed by atoms with Crippen LogP contribution < -0.4 is 10.6 Å². The first kappa shape index (κ1) is 23.7. The molecular formula is C25H27ClN6O2. The van der Waals surface area contributed by atoms with Crippen molar-refractivity contribution in [3.8, 4) is 0 Å². The highest BCUT2D eigenvalue weighted by atomic mass is 35.5. The molecule has 1 aliphatic rings. The Morgan fingerprint density at radius 2 is 2.06 bits per heavy atom. The smallest absolute Gasteiger partial charge is 0.253 e. The summed E-state index contributed by atoms with van der Waals surface area (Å²) in [6, 6.07) is 12.8. The number of hydrogen-bond donors (Lipinski definition) is 2. The Morgan fingerprint density at radius 1 is 1.24 bits per heavy atom. The van der Waals surface area contributed by atoms with Crippen LogP contribution in [0.2, 0.25) is 5.02 Å². The third kappa shape index (κ3) is 5.89. The van der Waals surface area contributed by atoms with E-state index in [4.69, 9.17) is 11.6 Å². The third-order valence-electron chi connectivity index (χ3n) is 5.51. The van der Waals surface area contributed by atoms with E-state index in [0.29, 0.717) is 41.9 Å². The van der Waals surface area contributed by atoms with Crippen LogP contribution in [-0.4, -0.2) is 71.4 Å². The lowest BCUT2D eigenvalue weighted by atomic mass is 10.1. The molecule has 1 atom stereocenters. The number of nitrogens with one attached hydrogen (secondary N) is 2. The van der Waals surface area contributed by atoms with Crippen LogP contribution in [0.4, 0.5) is 11.6 Å². The minimum atomic E-state index is -0.271. The first-order chi connectivity index (χ1) is 16.4. The Hall–Kier alpha value is -3.49. The van der Waals surface area contributed by atoms with Crippen LogP contribution in [0.25, 0.3) is 10.9 Å². The molecule has 1 fully saturated rings. The van der Waals surface area contributed by atoms with Crippen molar-refractivity contribution < 1.29 is 9.59 Å². The Bertz CT molecular complexity index is 1230. The topological polar surface area (TPSA) is 90.5 Å².